The van der Waals surface area contributed by atoms with Gasteiger partial charge in [-0.25, -0.2) is 0 Å². The van der Waals surface area contributed by atoms with Gasteiger partial charge >= 0.3 is 16.8 Å². The van der Waals surface area contributed by atoms with E-state index in [0.717, 1.165) is 25.3 Å². The van der Waals surface area contributed by atoms with Crippen molar-refractivity contribution in [2.45, 2.75) is 0 Å². The molecule has 0 aliphatic heterocycles. The number of aliphatic hydroxyl groups excluding tert-OH is 2. The summed E-state index contributed by atoms with van der Waals surface area (Å²) in [4.78, 5) is 32.6. The van der Waals surface area contributed by atoms with Gasteiger partial charge in [-0.3, -0.25) is 40.1 Å². The molecule has 0 aliphatic carbocycles. The zero-order valence-electron chi connectivity index (χ0n) is 21.8. The summed E-state index contributed by atoms with van der Waals surface area (Å²) in [7, 11) is 2.00. The molecule has 1 radical (unpaired) electrons. The SMILES string of the molecule is CO.CO.[Co+2].[OH3+].[OH3+].c1cc(-c2nc(-c3cnccn3)n[n-]2)ccn1.c1cc(-c2nc(-c3cnccn3)n[n-]2)ccn1. The van der Waals surface area contributed by atoms with E-state index in [0.29, 0.717) is 34.7 Å². The van der Waals surface area contributed by atoms with Gasteiger partial charge in [0.05, 0.1) is 24.0 Å². The van der Waals surface area contributed by atoms with Crippen molar-refractivity contribution in [2.75, 3.05) is 14.2 Å². The van der Waals surface area contributed by atoms with Crippen molar-refractivity contribution >= 4 is 0 Å². The van der Waals surface area contributed by atoms with Gasteiger partial charge in [0.2, 0.25) is 0 Å². The van der Waals surface area contributed by atoms with Crippen LogP contribution in [0.1, 0.15) is 0 Å². The van der Waals surface area contributed by atoms with Crippen LogP contribution >= 0.6 is 0 Å². The molecule has 8 N–H and O–H groups in total. The standard InChI is InChI=1S/2C11H7N6.2CH4O.Co.2H2O/c2*1-3-12-4-2-8(1)10-15-11(17-16-10)9-7-13-5-6-14-9;2*1-2;;;/h2*1-7H;2*2H,1H3;;2*1H2/q2*-1;;;+2;;/p+2. The second-order valence-electron chi connectivity index (χ2n) is 6.57. The third kappa shape index (κ3) is 10.3. The summed E-state index contributed by atoms with van der Waals surface area (Å²) < 4.78 is 0. The molecular formula is C24H28CoN12O4+2. The van der Waals surface area contributed by atoms with Gasteiger partial charge < -0.3 is 41.3 Å². The van der Waals surface area contributed by atoms with Crippen molar-refractivity contribution < 1.29 is 37.9 Å². The first kappa shape index (κ1) is 36.1. The van der Waals surface area contributed by atoms with Crippen LogP contribution in [0.3, 0.4) is 0 Å². The molecule has 6 rings (SSSR count). The van der Waals surface area contributed by atoms with Gasteiger partial charge in [-0.1, -0.05) is 0 Å². The zero-order chi connectivity index (χ0) is 27.0. The minimum Gasteiger partial charge on any atom is -0.457 e. The fraction of sp³-hybridized carbons (Fsp3) is 0.0833. The van der Waals surface area contributed by atoms with Gasteiger partial charge in [-0.05, 0) is 47.0 Å². The maximum Gasteiger partial charge on any atom is 2.00 e. The van der Waals surface area contributed by atoms with Crippen molar-refractivity contribution in [2.24, 2.45) is 0 Å². The molecule has 0 unspecified atom stereocenters. The third-order valence-electron chi connectivity index (χ3n) is 4.36. The van der Waals surface area contributed by atoms with E-state index in [1.165, 1.54) is 0 Å². The monoisotopic (exact) mass is 607 g/mol. The first-order chi connectivity index (χ1) is 18.9. The predicted octanol–water partition coefficient (Wildman–Crippen LogP) is -0.724. The fourth-order valence-electron chi connectivity index (χ4n) is 2.77. The number of hydrogen-bond acceptors (Lipinski definition) is 12. The Morgan fingerprint density at radius 1 is 0.512 bits per heavy atom. The van der Waals surface area contributed by atoms with Crippen LogP contribution < -0.4 is 10.2 Å². The average Bonchev–Trinajstić information content (AvgIpc) is 3.73. The van der Waals surface area contributed by atoms with Crippen LogP contribution in [-0.2, 0) is 27.7 Å². The minimum atomic E-state index is 0. The van der Waals surface area contributed by atoms with Crippen LogP contribution in [0.4, 0.5) is 0 Å². The van der Waals surface area contributed by atoms with E-state index in [2.05, 4.69) is 60.3 Å². The van der Waals surface area contributed by atoms with Crippen LogP contribution in [0.25, 0.3) is 45.8 Å². The summed E-state index contributed by atoms with van der Waals surface area (Å²) in [6.45, 7) is 0. The molecule has 17 heteroatoms. The maximum absolute atomic E-state index is 7.00. The Hall–Kier alpha value is -4.91. The molecule has 16 nitrogen and oxygen atoms in total. The number of hydrogen-bond donors (Lipinski definition) is 2. The van der Waals surface area contributed by atoms with Crippen LogP contribution in [0.2, 0.25) is 0 Å². The van der Waals surface area contributed by atoms with E-state index >= 15 is 0 Å². The summed E-state index contributed by atoms with van der Waals surface area (Å²) in [5, 5.41) is 30.0. The molecule has 0 saturated carbocycles. The van der Waals surface area contributed by atoms with Gasteiger partial charge in [0.15, 0.2) is 0 Å². The number of pyridine rings is 2. The first-order valence-corrected chi connectivity index (χ1v) is 10.8. The van der Waals surface area contributed by atoms with Crippen LogP contribution in [0, 0.1) is 0 Å². The minimum absolute atomic E-state index is 0. The van der Waals surface area contributed by atoms with Crippen molar-refractivity contribution in [3.05, 3.63) is 86.2 Å². The Labute approximate surface area is 244 Å². The quantitative estimate of drug-likeness (QED) is 0.234. The molecule has 0 aromatic carbocycles. The van der Waals surface area contributed by atoms with Crippen molar-refractivity contribution in [1.29, 1.82) is 0 Å². The van der Waals surface area contributed by atoms with Crippen LogP contribution in [-0.4, -0.2) is 74.5 Å². The van der Waals surface area contributed by atoms with E-state index < -0.39 is 0 Å². The third-order valence-corrected chi connectivity index (χ3v) is 4.36. The number of aromatic nitrogens is 12. The number of rotatable bonds is 4. The second-order valence-corrected chi connectivity index (χ2v) is 6.57. The number of aliphatic hydroxyl groups is 2. The Balaban J connectivity index is 0.000000654. The Kier molecular flexibility index (Phi) is 17.7. The predicted molar refractivity (Wildman–Crippen MR) is 145 cm³/mol. The van der Waals surface area contributed by atoms with E-state index in [4.69, 9.17) is 10.2 Å². The summed E-state index contributed by atoms with van der Waals surface area (Å²) in [6, 6.07) is 7.32. The van der Waals surface area contributed by atoms with E-state index in [-0.39, 0.29) is 27.7 Å². The molecule has 0 amide bonds. The smallest absolute Gasteiger partial charge is 0.457 e. The first-order valence-electron chi connectivity index (χ1n) is 10.8. The molecule has 215 valence electrons. The molecule has 0 fully saturated rings. The summed E-state index contributed by atoms with van der Waals surface area (Å²) in [6.07, 6.45) is 16.4. The Morgan fingerprint density at radius 3 is 1.20 bits per heavy atom. The molecule has 0 saturated heterocycles. The van der Waals surface area contributed by atoms with Crippen molar-refractivity contribution in [3.8, 4) is 45.8 Å². The summed E-state index contributed by atoms with van der Waals surface area (Å²) in [5.74, 6) is 2.08. The van der Waals surface area contributed by atoms with E-state index in [1.807, 2.05) is 24.3 Å². The van der Waals surface area contributed by atoms with Crippen molar-refractivity contribution in [1.82, 2.24) is 60.3 Å². The molecule has 6 heterocycles. The van der Waals surface area contributed by atoms with E-state index in [1.54, 1.807) is 62.0 Å². The molecule has 41 heavy (non-hydrogen) atoms. The average molecular weight is 608 g/mol. The Bertz CT molecular complexity index is 1240. The molecular weight excluding hydrogens is 579 g/mol. The molecule has 0 atom stereocenters. The zero-order valence-corrected chi connectivity index (χ0v) is 22.9. The normalized spacial score (nSPS) is 8.88. The Morgan fingerprint density at radius 2 is 0.878 bits per heavy atom. The molecule has 0 bridgehead atoms. The molecule has 0 aliphatic rings. The molecule has 6 aromatic rings. The second kappa shape index (κ2) is 20.1. The van der Waals surface area contributed by atoms with Crippen LogP contribution in [0.15, 0.2) is 86.2 Å². The molecule has 6 aromatic heterocycles. The fourth-order valence-corrected chi connectivity index (χ4v) is 2.77. The van der Waals surface area contributed by atoms with E-state index in [9.17, 15) is 0 Å². The number of nitrogens with zero attached hydrogens (tertiary/aromatic N) is 12. The van der Waals surface area contributed by atoms with Crippen LogP contribution in [0.5, 0.6) is 0 Å². The maximum atomic E-state index is 7.00. The topological polar surface area (TPSA) is 264 Å². The van der Waals surface area contributed by atoms with Gasteiger partial charge in [-0.15, -0.1) is 0 Å². The largest absolute Gasteiger partial charge is 2.00 e. The van der Waals surface area contributed by atoms with Gasteiger partial charge in [0.25, 0.3) is 0 Å². The van der Waals surface area contributed by atoms with Gasteiger partial charge in [-0.2, -0.15) is 0 Å². The summed E-state index contributed by atoms with van der Waals surface area (Å²) in [5.41, 5.74) is 2.98. The van der Waals surface area contributed by atoms with Crippen molar-refractivity contribution in [3.63, 3.8) is 0 Å². The molecule has 0 spiro atoms. The van der Waals surface area contributed by atoms with Gasteiger partial charge in [0, 0.05) is 63.8 Å². The van der Waals surface area contributed by atoms with Gasteiger partial charge in [0.1, 0.15) is 11.4 Å². The summed E-state index contributed by atoms with van der Waals surface area (Å²) >= 11 is 0.